The summed E-state index contributed by atoms with van der Waals surface area (Å²) in [7, 11) is 0. The predicted octanol–water partition coefficient (Wildman–Crippen LogP) is 3.82. The Bertz CT molecular complexity index is 550. The van der Waals surface area contributed by atoms with Crippen molar-refractivity contribution in [2.45, 2.75) is 7.43 Å². The molecule has 2 heteroatoms. The fourth-order valence-electron chi connectivity index (χ4n) is 1.73. The zero-order valence-electron chi connectivity index (χ0n) is 7.90. The summed E-state index contributed by atoms with van der Waals surface area (Å²) in [5, 5.41) is 3.46. The number of fused-ring (bicyclic) bond motifs is 3. The Balaban J connectivity index is 0.000000640. The molecule has 2 aromatic carbocycles. The van der Waals surface area contributed by atoms with Gasteiger partial charge < -0.3 is 4.98 Å². The summed E-state index contributed by atoms with van der Waals surface area (Å²) in [5.74, 6) is 0. The van der Waals surface area contributed by atoms with Gasteiger partial charge in [0.2, 0.25) is 0 Å². The van der Waals surface area contributed by atoms with Crippen molar-refractivity contribution in [3.8, 4) is 0 Å². The molecule has 3 rings (SSSR count). The quantitative estimate of drug-likeness (QED) is 0.423. The second-order valence-electron chi connectivity index (χ2n) is 3.28. The number of benzene rings is 2. The van der Waals surface area contributed by atoms with E-state index in [1.165, 1.54) is 10.8 Å². The first-order chi connectivity index (χ1) is 6.95. The summed E-state index contributed by atoms with van der Waals surface area (Å²) in [6.45, 7) is 0. The van der Waals surface area contributed by atoms with Gasteiger partial charge in [-0.05, 0) is 17.0 Å². The Kier molecular flexibility index (Phi) is 4.17. The van der Waals surface area contributed by atoms with E-state index in [0.29, 0.717) is 0 Å². The SMILES string of the molecule is C.[Ir].[c-]1cccc2ccc3cccnc3c12. The van der Waals surface area contributed by atoms with Gasteiger partial charge in [0, 0.05) is 26.3 Å². The second kappa shape index (κ2) is 5.20. The molecule has 0 aliphatic rings. The number of rotatable bonds is 0. The van der Waals surface area contributed by atoms with Gasteiger partial charge in [-0.1, -0.05) is 25.6 Å². The van der Waals surface area contributed by atoms with Gasteiger partial charge in [0.1, 0.15) is 0 Å². The van der Waals surface area contributed by atoms with Crippen LogP contribution < -0.4 is 0 Å². The maximum atomic E-state index is 4.38. The van der Waals surface area contributed by atoms with Crippen LogP contribution in [0.3, 0.4) is 0 Å². The normalized spacial score (nSPS) is 9.50. The van der Waals surface area contributed by atoms with E-state index < -0.39 is 0 Å². The number of nitrogens with zero attached hydrogens (tertiary/aromatic N) is 1. The molecule has 0 aliphatic carbocycles. The van der Waals surface area contributed by atoms with E-state index in [1.54, 1.807) is 0 Å². The molecular weight excluding hydrogens is 374 g/mol. The Morgan fingerprint density at radius 1 is 0.938 bits per heavy atom. The first-order valence-corrected chi connectivity index (χ1v) is 4.59. The van der Waals surface area contributed by atoms with E-state index in [1.807, 2.05) is 24.4 Å². The van der Waals surface area contributed by atoms with E-state index >= 15 is 0 Å². The van der Waals surface area contributed by atoms with Gasteiger partial charge >= 0.3 is 0 Å². The molecule has 1 radical (unpaired) electrons. The third-order valence-corrected chi connectivity index (χ3v) is 2.41. The smallest absolute Gasteiger partial charge is 0.0161 e. The van der Waals surface area contributed by atoms with Crippen LogP contribution >= 0.6 is 0 Å². The minimum absolute atomic E-state index is 0. The first-order valence-electron chi connectivity index (χ1n) is 4.59. The molecule has 1 heterocycles. The standard InChI is InChI=1S/C13H8N.CH4.Ir/c1-2-6-12-10(4-1)7-8-11-5-3-9-14-13(11)12;;/h1-5,7-9H;1H4;/q-1;;. The Morgan fingerprint density at radius 2 is 1.69 bits per heavy atom. The number of hydrogen-bond acceptors (Lipinski definition) is 1. The average molecular weight is 386 g/mol. The molecule has 3 aromatic rings. The zero-order valence-corrected chi connectivity index (χ0v) is 10.3. The molecule has 0 fully saturated rings. The Morgan fingerprint density at radius 3 is 2.56 bits per heavy atom. The minimum Gasteiger partial charge on any atom is -0.304 e. The molecule has 0 saturated carbocycles. The third-order valence-electron chi connectivity index (χ3n) is 2.41. The van der Waals surface area contributed by atoms with Gasteiger partial charge in [0.15, 0.2) is 0 Å². The number of hydrogen-bond donors (Lipinski definition) is 0. The van der Waals surface area contributed by atoms with E-state index in [4.69, 9.17) is 0 Å². The van der Waals surface area contributed by atoms with Crippen LogP contribution in [0.1, 0.15) is 7.43 Å². The van der Waals surface area contributed by atoms with Crippen molar-refractivity contribution in [3.63, 3.8) is 0 Å². The predicted molar refractivity (Wildman–Crippen MR) is 64.8 cm³/mol. The van der Waals surface area contributed by atoms with Crippen molar-refractivity contribution in [3.05, 3.63) is 54.7 Å². The maximum absolute atomic E-state index is 4.38. The summed E-state index contributed by atoms with van der Waals surface area (Å²) in [6.07, 6.45) is 1.82. The molecule has 1 nitrogen and oxygen atoms in total. The number of pyridine rings is 1. The molecule has 0 saturated heterocycles. The fraction of sp³-hybridized carbons (Fsp3) is 0.0714. The van der Waals surface area contributed by atoms with Gasteiger partial charge in [-0.15, -0.1) is 35.0 Å². The molecule has 16 heavy (non-hydrogen) atoms. The number of aromatic nitrogens is 1. The van der Waals surface area contributed by atoms with E-state index in [0.717, 1.165) is 10.9 Å². The monoisotopic (exact) mass is 387 g/mol. The van der Waals surface area contributed by atoms with Crippen LogP contribution in [-0.2, 0) is 20.1 Å². The average Bonchev–Trinajstić information content (AvgIpc) is 2.29. The summed E-state index contributed by atoms with van der Waals surface area (Å²) in [5.41, 5.74) is 1.03. The van der Waals surface area contributed by atoms with Crippen LogP contribution in [0.4, 0.5) is 0 Å². The van der Waals surface area contributed by atoms with Gasteiger partial charge in [0.25, 0.3) is 0 Å². The molecule has 83 valence electrons. The van der Waals surface area contributed by atoms with Crippen LogP contribution in [0.2, 0.25) is 0 Å². The van der Waals surface area contributed by atoms with Gasteiger partial charge in [-0.25, -0.2) is 0 Å². The molecule has 1 aromatic heterocycles. The molecular formula is C14H12IrN-. The molecule has 0 spiro atoms. The van der Waals surface area contributed by atoms with Crippen molar-refractivity contribution in [1.82, 2.24) is 4.98 Å². The second-order valence-corrected chi connectivity index (χ2v) is 3.28. The summed E-state index contributed by atoms with van der Waals surface area (Å²) in [4.78, 5) is 4.38. The maximum Gasteiger partial charge on any atom is 0.0161 e. The summed E-state index contributed by atoms with van der Waals surface area (Å²) in [6, 6.07) is 17.5. The topological polar surface area (TPSA) is 12.9 Å². The van der Waals surface area contributed by atoms with Crippen molar-refractivity contribution in [2.24, 2.45) is 0 Å². The molecule has 0 amide bonds. The van der Waals surface area contributed by atoms with Crippen LogP contribution in [0.5, 0.6) is 0 Å². The molecule has 0 atom stereocenters. The van der Waals surface area contributed by atoms with Crippen molar-refractivity contribution in [2.75, 3.05) is 0 Å². The third kappa shape index (κ3) is 1.99. The Labute approximate surface area is 109 Å². The van der Waals surface area contributed by atoms with Crippen LogP contribution in [0.15, 0.2) is 48.7 Å². The molecule has 0 aliphatic heterocycles. The molecule has 0 bridgehead atoms. The first kappa shape index (κ1) is 12.8. The van der Waals surface area contributed by atoms with Crippen molar-refractivity contribution in [1.29, 1.82) is 0 Å². The largest absolute Gasteiger partial charge is 0.304 e. The van der Waals surface area contributed by atoms with Gasteiger partial charge in [-0.2, -0.15) is 0 Å². The van der Waals surface area contributed by atoms with Crippen LogP contribution in [0, 0.1) is 6.07 Å². The van der Waals surface area contributed by atoms with Crippen LogP contribution in [0.25, 0.3) is 21.7 Å². The Hall–Kier alpha value is -1.24. The van der Waals surface area contributed by atoms with Gasteiger partial charge in [-0.3, -0.25) is 0 Å². The van der Waals surface area contributed by atoms with E-state index in [2.05, 4.69) is 35.3 Å². The minimum atomic E-state index is 0. The summed E-state index contributed by atoms with van der Waals surface area (Å²) >= 11 is 0. The molecule has 0 unspecified atom stereocenters. The van der Waals surface area contributed by atoms with Crippen molar-refractivity contribution >= 4 is 21.7 Å². The van der Waals surface area contributed by atoms with E-state index in [9.17, 15) is 0 Å². The van der Waals surface area contributed by atoms with E-state index in [-0.39, 0.29) is 27.5 Å². The summed E-state index contributed by atoms with van der Waals surface area (Å²) < 4.78 is 0. The van der Waals surface area contributed by atoms with Crippen molar-refractivity contribution < 1.29 is 20.1 Å². The fourth-order valence-corrected chi connectivity index (χ4v) is 1.73. The van der Waals surface area contributed by atoms with Gasteiger partial charge in [0.05, 0.1) is 0 Å². The molecule has 0 N–H and O–H groups in total. The van der Waals surface area contributed by atoms with Crippen LogP contribution in [-0.4, -0.2) is 4.98 Å². The zero-order chi connectivity index (χ0) is 9.38.